The number of hydrogen-bond acceptors (Lipinski definition) is 4. The van der Waals surface area contributed by atoms with Crippen LogP contribution in [0.15, 0.2) is 18.2 Å². The summed E-state index contributed by atoms with van der Waals surface area (Å²) in [5, 5.41) is 0. The third-order valence-electron chi connectivity index (χ3n) is 3.69. The van der Waals surface area contributed by atoms with Gasteiger partial charge >= 0.3 is 0 Å². The van der Waals surface area contributed by atoms with Crippen molar-refractivity contribution in [3.8, 4) is 0 Å². The number of nitrogens with two attached hydrogens (primary N) is 1. The second kappa shape index (κ2) is 6.13. The maximum atomic E-state index is 12.8. The summed E-state index contributed by atoms with van der Waals surface area (Å²) in [6.45, 7) is 3.93. The lowest BCUT2D eigenvalue weighted by Gasteiger charge is -2.36. The molecule has 1 atom stereocenters. The van der Waals surface area contributed by atoms with Gasteiger partial charge in [-0.15, -0.1) is 0 Å². The zero-order valence-corrected chi connectivity index (χ0v) is 12.4. The summed E-state index contributed by atoms with van der Waals surface area (Å²) in [5.41, 5.74) is 8.02. The monoisotopic (exact) mass is 277 g/mol. The van der Waals surface area contributed by atoms with E-state index < -0.39 is 0 Å². The van der Waals surface area contributed by atoms with Gasteiger partial charge in [-0.25, -0.2) is 0 Å². The molecule has 1 fully saturated rings. The predicted octanol–water partition coefficient (Wildman–Crippen LogP) is 1.59. The number of rotatable bonds is 3. The summed E-state index contributed by atoms with van der Waals surface area (Å²) >= 11 is 0. The van der Waals surface area contributed by atoms with Crippen molar-refractivity contribution in [2.45, 2.75) is 19.4 Å². The molecule has 110 valence electrons. The second-order valence-corrected chi connectivity index (χ2v) is 5.31. The topological polar surface area (TPSA) is 58.8 Å². The minimum absolute atomic E-state index is 0.0381. The number of nitrogen functional groups attached to an aromatic ring is 1. The van der Waals surface area contributed by atoms with Crippen LogP contribution in [0.1, 0.15) is 23.7 Å². The summed E-state index contributed by atoms with van der Waals surface area (Å²) in [6, 6.07) is 5.62. The number of carbonyl (C=O) groups excluding carboxylic acids is 1. The highest BCUT2D eigenvalue weighted by Crippen LogP contribution is 2.25. The average molecular weight is 277 g/mol. The third-order valence-corrected chi connectivity index (χ3v) is 3.69. The smallest absolute Gasteiger partial charge is 0.256 e. The standard InChI is InChI=1S/C15H23N3O2/c1-4-12-10-20-8-7-18(12)15(19)13-9-11(16)5-6-14(13)17(2)3/h5-6,9,12H,4,7-8,10,16H2,1-3H3. The number of ether oxygens (including phenoxy) is 1. The van der Waals surface area contributed by atoms with E-state index >= 15 is 0 Å². The molecule has 1 aromatic carbocycles. The van der Waals surface area contributed by atoms with Crippen molar-refractivity contribution in [1.29, 1.82) is 0 Å². The molecule has 0 aliphatic carbocycles. The van der Waals surface area contributed by atoms with Crippen LogP contribution < -0.4 is 10.6 Å². The highest BCUT2D eigenvalue weighted by Gasteiger charge is 2.28. The molecule has 1 heterocycles. The Morgan fingerprint density at radius 3 is 2.90 bits per heavy atom. The molecule has 1 aromatic rings. The summed E-state index contributed by atoms with van der Waals surface area (Å²) in [5.74, 6) is 0.0381. The molecule has 5 nitrogen and oxygen atoms in total. The lowest BCUT2D eigenvalue weighted by atomic mass is 10.1. The van der Waals surface area contributed by atoms with Gasteiger partial charge in [-0.1, -0.05) is 6.92 Å². The van der Waals surface area contributed by atoms with Gasteiger partial charge in [-0.05, 0) is 24.6 Å². The predicted molar refractivity (Wildman–Crippen MR) is 81.1 cm³/mol. The number of hydrogen-bond donors (Lipinski definition) is 1. The molecule has 0 radical (unpaired) electrons. The van der Waals surface area contributed by atoms with E-state index in [0.717, 1.165) is 12.1 Å². The molecule has 1 unspecified atom stereocenters. The van der Waals surface area contributed by atoms with Crippen LogP contribution in [0.25, 0.3) is 0 Å². The van der Waals surface area contributed by atoms with Crippen molar-refractivity contribution in [3.05, 3.63) is 23.8 Å². The van der Waals surface area contributed by atoms with Gasteiger partial charge in [0.05, 0.1) is 24.8 Å². The van der Waals surface area contributed by atoms with Gasteiger partial charge in [0.15, 0.2) is 0 Å². The highest BCUT2D eigenvalue weighted by atomic mass is 16.5. The SMILES string of the molecule is CCC1COCCN1C(=O)c1cc(N)ccc1N(C)C. The Labute approximate surface area is 120 Å². The van der Waals surface area contributed by atoms with E-state index in [4.69, 9.17) is 10.5 Å². The van der Waals surface area contributed by atoms with Crippen molar-refractivity contribution >= 4 is 17.3 Å². The van der Waals surface area contributed by atoms with Crippen molar-refractivity contribution in [1.82, 2.24) is 4.90 Å². The van der Waals surface area contributed by atoms with Crippen LogP contribution in [0, 0.1) is 0 Å². The number of benzene rings is 1. The largest absolute Gasteiger partial charge is 0.399 e. The number of carbonyl (C=O) groups is 1. The fraction of sp³-hybridized carbons (Fsp3) is 0.533. The summed E-state index contributed by atoms with van der Waals surface area (Å²) < 4.78 is 5.46. The molecule has 2 N–H and O–H groups in total. The third kappa shape index (κ3) is 2.88. The van der Waals surface area contributed by atoms with Crippen LogP contribution in [0.5, 0.6) is 0 Å². The zero-order chi connectivity index (χ0) is 14.7. The molecule has 0 saturated carbocycles. The van der Waals surface area contributed by atoms with Gasteiger partial charge in [-0.3, -0.25) is 4.79 Å². The number of anilines is 2. The molecule has 5 heteroatoms. The number of nitrogens with zero attached hydrogens (tertiary/aromatic N) is 2. The first-order chi connectivity index (χ1) is 9.54. The van der Waals surface area contributed by atoms with Gasteiger partial charge in [0, 0.05) is 32.0 Å². The van der Waals surface area contributed by atoms with E-state index in [1.54, 1.807) is 6.07 Å². The summed E-state index contributed by atoms with van der Waals surface area (Å²) in [7, 11) is 3.86. The first-order valence-corrected chi connectivity index (χ1v) is 7.00. The van der Waals surface area contributed by atoms with E-state index in [1.807, 2.05) is 36.0 Å². The summed E-state index contributed by atoms with van der Waals surface area (Å²) in [6.07, 6.45) is 0.894. The van der Waals surface area contributed by atoms with Crippen LogP contribution in [0.4, 0.5) is 11.4 Å². The zero-order valence-electron chi connectivity index (χ0n) is 12.4. The van der Waals surface area contributed by atoms with Crippen molar-refractivity contribution in [2.24, 2.45) is 0 Å². The maximum absolute atomic E-state index is 12.8. The molecular formula is C15H23N3O2. The van der Waals surface area contributed by atoms with Crippen LogP contribution in [0.2, 0.25) is 0 Å². The van der Waals surface area contributed by atoms with Crippen molar-refractivity contribution in [2.75, 3.05) is 44.5 Å². The normalized spacial score (nSPS) is 18.9. The fourth-order valence-electron chi connectivity index (χ4n) is 2.53. The van der Waals surface area contributed by atoms with Gasteiger partial charge in [0.25, 0.3) is 5.91 Å². The second-order valence-electron chi connectivity index (χ2n) is 5.31. The lowest BCUT2D eigenvalue weighted by Crippen LogP contribution is -2.48. The van der Waals surface area contributed by atoms with Crippen molar-refractivity contribution in [3.63, 3.8) is 0 Å². The van der Waals surface area contributed by atoms with E-state index in [-0.39, 0.29) is 11.9 Å². The minimum Gasteiger partial charge on any atom is -0.399 e. The molecule has 1 saturated heterocycles. The Morgan fingerprint density at radius 2 is 2.25 bits per heavy atom. The summed E-state index contributed by atoms with van der Waals surface area (Å²) in [4.78, 5) is 16.7. The Bertz CT molecular complexity index is 488. The van der Waals surface area contributed by atoms with Gasteiger partial charge in [0.1, 0.15) is 0 Å². The van der Waals surface area contributed by atoms with E-state index in [2.05, 4.69) is 6.92 Å². The number of morpholine rings is 1. The molecule has 0 aromatic heterocycles. The van der Waals surface area contributed by atoms with Crippen molar-refractivity contribution < 1.29 is 9.53 Å². The van der Waals surface area contributed by atoms with E-state index in [9.17, 15) is 4.79 Å². The maximum Gasteiger partial charge on any atom is 0.256 e. The first-order valence-electron chi connectivity index (χ1n) is 7.00. The quantitative estimate of drug-likeness (QED) is 0.852. The van der Waals surface area contributed by atoms with Gasteiger partial charge in [0.2, 0.25) is 0 Å². The lowest BCUT2D eigenvalue weighted by molar-refractivity contribution is -0.00275. The Kier molecular flexibility index (Phi) is 4.49. The van der Waals surface area contributed by atoms with Gasteiger partial charge in [-0.2, -0.15) is 0 Å². The van der Waals surface area contributed by atoms with Gasteiger partial charge < -0.3 is 20.3 Å². The van der Waals surface area contributed by atoms with E-state index in [1.165, 1.54) is 0 Å². The molecule has 1 aliphatic rings. The highest BCUT2D eigenvalue weighted by molar-refractivity contribution is 6.01. The van der Waals surface area contributed by atoms with Crippen LogP contribution >= 0.6 is 0 Å². The molecule has 0 spiro atoms. The molecule has 20 heavy (non-hydrogen) atoms. The fourth-order valence-corrected chi connectivity index (χ4v) is 2.53. The molecule has 2 rings (SSSR count). The average Bonchev–Trinajstić information content (AvgIpc) is 2.46. The molecular weight excluding hydrogens is 254 g/mol. The molecule has 0 bridgehead atoms. The van der Waals surface area contributed by atoms with Crippen LogP contribution in [0.3, 0.4) is 0 Å². The Morgan fingerprint density at radius 1 is 1.50 bits per heavy atom. The first kappa shape index (κ1) is 14.7. The number of amides is 1. The Hall–Kier alpha value is -1.75. The molecule has 1 aliphatic heterocycles. The van der Waals surface area contributed by atoms with Crippen LogP contribution in [-0.4, -0.2) is 50.7 Å². The Balaban J connectivity index is 2.34. The minimum atomic E-state index is 0.0381. The van der Waals surface area contributed by atoms with E-state index in [0.29, 0.717) is 31.0 Å². The molecule has 1 amide bonds. The van der Waals surface area contributed by atoms with Crippen LogP contribution in [-0.2, 0) is 4.74 Å².